The maximum Gasteiger partial charge on any atom is 0.332 e. The Morgan fingerprint density at radius 3 is 2.71 bits per heavy atom. The Hall–Kier alpha value is -1.96. The topological polar surface area (TPSA) is 119 Å². The molecule has 2 rings (SSSR count). The summed E-state index contributed by atoms with van der Waals surface area (Å²) in [7, 11) is 0. The van der Waals surface area contributed by atoms with E-state index in [0.717, 1.165) is 19.3 Å². The first kappa shape index (κ1) is 15.4. The Balaban J connectivity index is 2.29. The number of aryl methyl sites for hydroxylation is 1. The van der Waals surface area contributed by atoms with E-state index >= 15 is 0 Å². The summed E-state index contributed by atoms with van der Waals surface area (Å²) >= 11 is 0. The second-order valence-electron chi connectivity index (χ2n) is 6.33. The molecular weight excluding hydrogens is 272 g/mol. The number of hydrogen-bond acceptors (Lipinski definition) is 7. The largest absolute Gasteiger partial charge is 0.361 e. The maximum atomic E-state index is 11.2. The highest BCUT2D eigenvalue weighted by Gasteiger charge is 2.30. The molecule has 1 aliphatic carbocycles. The van der Waals surface area contributed by atoms with Gasteiger partial charge in [0.15, 0.2) is 0 Å². The summed E-state index contributed by atoms with van der Waals surface area (Å²) < 4.78 is 0. The number of nitrogens with one attached hydrogen (secondary N) is 2. The van der Waals surface area contributed by atoms with Crippen molar-refractivity contribution in [2.24, 2.45) is 11.3 Å². The van der Waals surface area contributed by atoms with Crippen LogP contribution in [0.25, 0.3) is 0 Å². The highest BCUT2D eigenvalue weighted by molar-refractivity contribution is 5.61. The van der Waals surface area contributed by atoms with Crippen LogP contribution in [0, 0.1) is 22.5 Å². The van der Waals surface area contributed by atoms with E-state index in [2.05, 4.69) is 34.6 Å². The van der Waals surface area contributed by atoms with Crippen molar-refractivity contribution in [3.8, 4) is 0 Å². The van der Waals surface area contributed by atoms with Gasteiger partial charge in [-0.3, -0.25) is 15.5 Å². The molecule has 1 aromatic rings. The van der Waals surface area contributed by atoms with E-state index in [9.17, 15) is 10.1 Å². The average Bonchev–Trinajstić information content (AvgIpc) is 2.36. The fraction of sp³-hybridized carbons (Fsp3) is 0.692. The minimum Gasteiger partial charge on any atom is -0.361 e. The number of nitrogen functional groups attached to an aromatic ring is 1. The molecule has 8 nitrogen and oxygen atoms in total. The van der Waals surface area contributed by atoms with Crippen molar-refractivity contribution in [3.63, 3.8) is 0 Å². The first-order valence-corrected chi connectivity index (χ1v) is 7.08. The molecule has 0 aromatic carbocycles. The summed E-state index contributed by atoms with van der Waals surface area (Å²) in [5, 5.41) is 14.5. The molecule has 1 unspecified atom stereocenters. The first-order valence-electron chi connectivity index (χ1n) is 7.08. The summed E-state index contributed by atoms with van der Waals surface area (Å²) in [6.45, 7) is 6.01. The molecule has 1 heterocycles. The van der Waals surface area contributed by atoms with E-state index in [1.807, 2.05) is 0 Å². The minimum atomic E-state index is -0.452. The Labute approximate surface area is 123 Å². The van der Waals surface area contributed by atoms with Crippen LogP contribution in [0.3, 0.4) is 0 Å². The van der Waals surface area contributed by atoms with Gasteiger partial charge in [0, 0.05) is 6.04 Å². The Morgan fingerprint density at radius 2 is 2.14 bits per heavy atom. The second kappa shape index (κ2) is 5.80. The monoisotopic (exact) mass is 294 g/mol. The standard InChI is InChI=1S/C13H22N6O2/c1-8-10(19(20)21)11(17-12(15-8)18-14)16-9-5-4-6-13(2,3)7-9/h9H,4-7,14H2,1-3H3,(H2,15,16,17,18). The van der Waals surface area contributed by atoms with Crippen molar-refractivity contribution in [1.29, 1.82) is 0 Å². The third-order valence-electron chi connectivity index (χ3n) is 3.92. The Morgan fingerprint density at radius 1 is 1.43 bits per heavy atom. The van der Waals surface area contributed by atoms with Crippen LogP contribution in [-0.4, -0.2) is 20.9 Å². The Bertz CT molecular complexity index is 546. The van der Waals surface area contributed by atoms with E-state index in [4.69, 9.17) is 5.84 Å². The molecule has 21 heavy (non-hydrogen) atoms. The quantitative estimate of drug-likeness (QED) is 0.443. The molecule has 0 spiro atoms. The maximum absolute atomic E-state index is 11.2. The van der Waals surface area contributed by atoms with Gasteiger partial charge < -0.3 is 5.32 Å². The highest BCUT2D eigenvalue weighted by atomic mass is 16.6. The molecule has 1 aliphatic rings. The minimum absolute atomic E-state index is 0.0858. The molecule has 1 fully saturated rings. The molecule has 0 aliphatic heterocycles. The van der Waals surface area contributed by atoms with Gasteiger partial charge in [0.05, 0.1) is 4.92 Å². The number of hydrazine groups is 1. The summed E-state index contributed by atoms with van der Waals surface area (Å²) in [4.78, 5) is 18.9. The van der Waals surface area contributed by atoms with E-state index < -0.39 is 4.92 Å². The van der Waals surface area contributed by atoms with E-state index in [1.54, 1.807) is 6.92 Å². The zero-order chi connectivity index (χ0) is 15.6. The molecule has 0 radical (unpaired) electrons. The lowest BCUT2D eigenvalue weighted by Gasteiger charge is -2.35. The summed E-state index contributed by atoms with van der Waals surface area (Å²) in [5.74, 6) is 5.73. The van der Waals surface area contributed by atoms with Crippen LogP contribution < -0.4 is 16.6 Å². The summed E-state index contributed by atoms with van der Waals surface area (Å²) in [6.07, 6.45) is 4.21. The lowest BCUT2D eigenvalue weighted by atomic mass is 9.75. The van der Waals surface area contributed by atoms with Gasteiger partial charge in [0.25, 0.3) is 0 Å². The number of nitro groups is 1. The molecule has 0 bridgehead atoms. The predicted molar refractivity (Wildman–Crippen MR) is 80.9 cm³/mol. The Kier molecular flexibility index (Phi) is 4.26. The van der Waals surface area contributed by atoms with E-state index in [1.165, 1.54) is 6.42 Å². The normalized spacial score (nSPS) is 20.9. The lowest BCUT2D eigenvalue weighted by Crippen LogP contribution is -2.32. The smallest absolute Gasteiger partial charge is 0.332 e. The lowest BCUT2D eigenvalue weighted by molar-refractivity contribution is -0.385. The van der Waals surface area contributed by atoms with Crippen molar-refractivity contribution in [1.82, 2.24) is 9.97 Å². The zero-order valence-electron chi connectivity index (χ0n) is 12.6. The number of anilines is 2. The van der Waals surface area contributed by atoms with Crippen LogP contribution in [-0.2, 0) is 0 Å². The van der Waals surface area contributed by atoms with Crippen LogP contribution in [0.2, 0.25) is 0 Å². The fourth-order valence-corrected chi connectivity index (χ4v) is 2.97. The van der Waals surface area contributed by atoms with Gasteiger partial charge in [-0.1, -0.05) is 20.3 Å². The van der Waals surface area contributed by atoms with Gasteiger partial charge in [-0.2, -0.15) is 4.98 Å². The van der Waals surface area contributed by atoms with Crippen LogP contribution >= 0.6 is 0 Å². The highest BCUT2D eigenvalue weighted by Crippen LogP contribution is 2.37. The van der Waals surface area contributed by atoms with Crippen molar-refractivity contribution in [2.45, 2.75) is 52.5 Å². The molecule has 1 atom stereocenters. The van der Waals surface area contributed by atoms with E-state index in [-0.39, 0.29) is 28.9 Å². The molecule has 1 saturated carbocycles. The summed E-state index contributed by atoms with van der Waals surface area (Å²) in [6, 6.07) is 0.173. The van der Waals surface area contributed by atoms with E-state index in [0.29, 0.717) is 5.69 Å². The van der Waals surface area contributed by atoms with Gasteiger partial charge >= 0.3 is 5.69 Å². The number of hydrogen-bond donors (Lipinski definition) is 3. The third kappa shape index (κ3) is 3.57. The van der Waals surface area contributed by atoms with Crippen LogP contribution in [0.1, 0.15) is 45.2 Å². The van der Waals surface area contributed by atoms with Gasteiger partial charge in [-0.25, -0.2) is 10.8 Å². The number of nitrogens with zero attached hydrogens (tertiary/aromatic N) is 3. The first-order chi connectivity index (χ1) is 9.82. The van der Waals surface area contributed by atoms with Gasteiger partial charge in [-0.15, -0.1) is 0 Å². The molecule has 4 N–H and O–H groups in total. The van der Waals surface area contributed by atoms with Crippen LogP contribution in [0.4, 0.5) is 17.5 Å². The molecule has 1 aromatic heterocycles. The molecular formula is C13H22N6O2. The van der Waals surface area contributed by atoms with Crippen molar-refractivity contribution in [3.05, 3.63) is 15.8 Å². The van der Waals surface area contributed by atoms with Crippen molar-refractivity contribution < 1.29 is 4.92 Å². The molecule has 0 saturated heterocycles. The fourth-order valence-electron chi connectivity index (χ4n) is 2.97. The van der Waals surface area contributed by atoms with Gasteiger partial charge in [-0.05, 0) is 31.6 Å². The van der Waals surface area contributed by atoms with Gasteiger partial charge in [0.1, 0.15) is 5.69 Å². The van der Waals surface area contributed by atoms with Gasteiger partial charge in [0.2, 0.25) is 11.8 Å². The number of rotatable bonds is 4. The molecule has 8 heteroatoms. The van der Waals surface area contributed by atoms with Crippen LogP contribution in [0.5, 0.6) is 0 Å². The average molecular weight is 294 g/mol. The van der Waals surface area contributed by atoms with Crippen LogP contribution in [0.15, 0.2) is 0 Å². The zero-order valence-corrected chi connectivity index (χ0v) is 12.6. The van der Waals surface area contributed by atoms with Crippen molar-refractivity contribution >= 4 is 17.5 Å². The number of nitrogens with two attached hydrogens (primary N) is 1. The van der Waals surface area contributed by atoms with Crippen molar-refractivity contribution in [2.75, 3.05) is 10.7 Å². The number of aromatic nitrogens is 2. The summed E-state index contributed by atoms with van der Waals surface area (Å²) in [5.41, 5.74) is 2.79. The SMILES string of the molecule is Cc1nc(NN)nc(NC2CCCC(C)(C)C2)c1[N+](=O)[O-]. The predicted octanol–water partition coefficient (Wildman–Crippen LogP) is 2.36. The second-order valence-corrected chi connectivity index (χ2v) is 6.33. The third-order valence-corrected chi connectivity index (χ3v) is 3.92. The molecule has 116 valence electrons. The molecule has 0 amide bonds.